The van der Waals surface area contributed by atoms with Gasteiger partial charge in [-0.05, 0) is 76.3 Å². The molecule has 2 saturated heterocycles. The molecule has 1 aromatic rings. The molecule has 0 radical (unpaired) electrons. The minimum atomic E-state index is -0.254. The molecule has 156 valence electrons. The quantitative estimate of drug-likeness (QED) is 0.693. The Morgan fingerprint density at radius 2 is 2.00 bits per heavy atom. The summed E-state index contributed by atoms with van der Waals surface area (Å²) in [6.07, 6.45) is 5.34. The Bertz CT molecular complexity index is 649. The third-order valence-corrected chi connectivity index (χ3v) is 6.29. The van der Waals surface area contributed by atoms with Crippen molar-refractivity contribution < 1.29 is 9.18 Å². The number of carbonyl (C=O) groups is 1. The first-order valence-electron chi connectivity index (χ1n) is 10.7. The number of rotatable bonds is 7. The summed E-state index contributed by atoms with van der Waals surface area (Å²) in [5.74, 6) is 0.816. The molecule has 0 aliphatic carbocycles. The average Bonchev–Trinajstić information content (AvgIpc) is 2.68. The molecule has 1 atom stereocenters. The number of hydrogen-bond donors (Lipinski definition) is 1. The Kier molecular flexibility index (Phi) is 8.12. The normalized spacial score (nSPS) is 22.3. The number of nitrogens with zero attached hydrogens (tertiary/aromatic N) is 2. The zero-order chi connectivity index (χ0) is 19.9. The molecular formula is C22H33ClFN3O. The van der Waals surface area contributed by atoms with Crippen LogP contribution < -0.4 is 5.32 Å². The third-order valence-electron chi connectivity index (χ3n) is 6.06. The van der Waals surface area contributed by atoms with E-state index < -0.39 is 0 Å². The Labute approximate surface area is 173 Å². The summed E-state index contributed by atoms with van der Waals surface area (Å²) in [4.78, 5) is 17.2. The summed E-state index contributed by atoms with van der Waals surface area (Å²) in [6, 6.07) is 4.84. The third kappa shape index (κ3) is 6.43. The lowest BCUT2D eigenvalue weighted by Gasteiger charge is -2.32. The van der Waals surface area contributed by atoms with Crippen molar-refractivity contribution in [1.29, 1.82) is 0 Å². The van der Waals surface area contributed by atoms with Crippen molar-refractivity contribution in [1.82, 2.24) is 15.1 Å². The topological polar surface area (TPSA) is 35.6 Å². The zero-order valence-electron chi connectivity index (χ0n) is 16.9. The van der Waals surface area contributed by atoms with Crippen LogP contribution in [0.15, 0.2) is 18.2 Å². The van der Waals surface area contributed by atoms with E-state index in [1.54, 1.807) is 12.1 Å². The molecule has 0 bridgehead atoms. The molecule has 4 nitrogen and oxygen atoms in total. The van der Waals surface area contributed by atoms with Crippen LogP contribution in [0.3, 0.4) is 0 Å². The lowest BCUT2D eigenvalue weighted by molar-refractivity contribution is -0.126. The second-order valence-corrected chi connectivity index (χ2v) is 8.92. The Balaban J connectivity index is 1.32. The molecule has 1 amide bonds. The van der Waals surface area contributed by atoms with Gasteiger partial charge in [0.1, 0.15) is 5.82 Å². The van der Waals surface area contributed by atoms with E-state index in [4.69, 9.17) is 11.6 Å². The summed E-state index contributed by atoms with van der Waals surface area (Å²) in [7, 11) is 0. The van der Waals surface area contributed by atoms with Gasteiger partial charge < -0.3 is 10.2 Å². The van der Waals surface area contributed by atoms with E-state index in [2.05, 4.69) is 22.0 Å². The number of carbonyl (C=O) groups excluding carboxylic acids is 1. The highest BCUT2D eigenvalue weighted by Gasteiger charge is 2.25. The van der Waals surface area contributed by atoms with Gasteiger partial charge in [0.2, 0.25) is 5.91 Å². The van der Waals surface area contributed by atoms with Crippen molar-refractivity contribution in [3.05, 3.63) is 34.6 Å². The summed E-state index contributed by atoms with van der Waals surface area (Å²) in [5, 5.41) is 3.55. The van der Waals surface area contributed by atoms with Crippen LogP contribution in [0.4, 0.5) is 4.39 Å². The van der Waals surface area contributed by atoms with E-state index in [1.807, 2.05) is 0 Å². The molecule has 1 unspecified atom stereocenters. The van der Waals surface area contributed by atoms with Gasteiger partial charge in [0.25, 0.3) is 0 Å². The van der Waals surface area contributed by atoms with Gasteiger partial charge >= 0.3 is 0 Å². The van der Waals surface area contributed by atoms with Crippen LogP contribution in [0.5, 0.6) is 0 Å². The number of piperidine rings is 2. The fourth-order valence-corrected chi connectivity index (χ4v) is 4.55. The van der Waals surface area contributed by atoms with Gasteiger partial charge in [-0.1, -0.05) is 24.6 Å². The molecule has 3 rings (SSSR count). The fourth-order valence-electron chi connectivity index (χ4n) is 4.39. The molecule has 28 heavy (non-hydrogen) atoms. The minimum Gasteiger partial charge on any atom is -0.356 e. The van der Waals surface area contributed by atoms with E-state index in [0.29, 0.717) is 17.1 Å². The molecule has 1 N–H and O–H groups in total. The molecule has 6 heteroatoms. The summed E-state index contributed by atoms with van der Waals surface area (Å²) in [6.45, 7) is 8.78. The van der Waals surface area contributed by atoms with Crippen LogP contribution in [-0.4, -0.2) is 55.0 Å². The van der Waals surface area contributed by atoms with Crippen LogP contribution in [0.2, 0.25) is 5.02 Å². The summed E-state index contributed by atoms with van der Waals surface area (Å²) < 4.78 is 14.0. The highest BCUT2D eigenvalue weighted by Crippen LogP contribution is 2.22. The number of halogens is 2. The van der Waals surface area contributed by atoms with E-state index in [0.717, 1.165) is 51.4 Å². The number of benzene rings is 1. The van der Waals surface area contributed by atoms with Crippen LogP contribution in [0.1, 0.15) is 44.6 Å². The predicted molar refractivity (Wildman–Crippen MR) is 112 cm³/mol. The molecule has 2 aliphatic heterocycles. The van der Waals surface area contributed by atoms with E-state index >= 15 is 0 Å². The van der Waals surface area contributed by atoms with Crippen molar-refractivity contribution in [3.8, 4) is 0 Å². The van der Waals surface area contributed by atoms with E-state index in [-0.39, 0.29) is 17.6 Å². The van der Waals surface area contributed by atoms with Crippen molar-refractivity contribution in [2.24, 2.45) is 11.8 Å². The number of nitrogens with one attached hydrogen (secondary N) is 1. The van der Waals surface area contributed by atoms with Gasteiger partial charge in [-0.25, -0.2) is 4.39 Å². The van der Waals surface area contributed by atoms with Gasteiger partial charge in [-0.2, -0.15) is 0 Å². The largest absolute Gasteiger partial charge is 0.356 e. The summed E-state index contributed by atoms with van der Waals surface area (Å²) >= 11 is 5.82. The first-order valence-corrected chi connectivity index (χ1v) is 11.1. The molecule has 2 aliphatic rings. The number of hydrogen-bond acceptors (Lipinski definition) is 3. The monoisotopic (exact) mass is 409 g/mol. The van der Waals surface area contributed by atoms with Gasteiger partial charge in [0.15, 0.2) is 0 Å². The van der Waals surface area contributed by atoms with Crippen LogP contribution in [-0.2, 0) is 11.3 Å². The van der Waals surface area contributed by atoms with Gasteiger partial charge in [-0.15, -0.1) is 0 Å². The van der Waals surface area contributed by atoms with Gasteiger partial charge in [0.05, 0.1) is 0 Å². The SMILES string of the molecule is CC1CCCN(CCCNC(=O)C2CCN(Cc3ccc(Cl)cc3F)CC2)C1. The lowest BCUT2D eigenvalue weighted by atomic mass is 9.95. The fraction of sp³-hybridized carbons (Fsp3) is 0.682. The maximum atomic E-state index is 14.0. The number of likely N-dealkylation sites (tertiary alicyclic amines) is 2. The van der Waals surface area contributed by atoms with Crippen molar-refractivity contribution in [2.75, 3.05) is 39.3 Å². The van der Waals surface area contributed by atoms with Crippen LogP contribution in [0, 0.1) is 17.7 Å². The second kappa shape index (κ2) is 10.6. The minimum absolute atomic E-state index is 0.0846. The van der Waals surface area contributed by atoms with Gasteiger partial charge in [0, 0.05) is 36.1 Å². The van der Waals surface area contributed by atoms with Crippen LogP contribution >= 0.6 is 11.6 Å². The highest BCUT2D eigenvalue weighted by molar-refractivity contribution is 6.30. The first-order chi connectivity index (χ1) is 13.5. The molecule has 0 spiro atoms. The molecule has 2 fully saturated rings. The molecule has 0 saturated carbocycles. The Morgan fingerprint density at radius 1 is 1.21 bits per heavy atom. The summed E-state index contributed by atoms with van der Waals surface area (Å²) in [5.41, 5.74) is 0.666. The Morgan fingerprint density at radius 3 is 2.71 bits per heavy atom. The molecule has 0 aromatic heterocycles. The second-order valence-electron chi connectivity index (χ2n) is 8.48. The lowest BCUT2D eigenvalue weighted by Crippen LogP contribution is -2.41. The first kappa shape index (κ1) is 21.5. The average molecular weight is 410 g/mol. The van der Waals surface area contributed by atoms with Gasteiger partial charge in [-0.3, -0.25) is 9.69 Å². The smallest absolute Gasteiger partial charge is 0.223 e. The van der Waals surface area contributed by atoms with E-state index in [1.165, 1.54) is 32.0 Å². The van der Waals surface area contributed by atoms with E-state index in [9.17, 15) is 9.18 Å². The van der Waals surface area contributed by atoms with Crippen molar-refractivity contribution >= 4 is 17.5 Å². The maximum Gasteiger partial charge on any atom is 0.223 e. The Hall–Kier alpha value is -1.17. The van der Waals surface area contributed by atoms with Crippen molar-refractivity contribution in [2.45, 2.75) is 45.6 Å². The van der Waals surface area contributed by atoms with Crippen molar-refractivity contribution in [3.63, 3.8) is 0 Å². The predicted octanol–water partition coefficient (Wildman–Crippen LogP) is 3.93. The number of amides is 1. The zero-order valence-corrected chi connectivity index (χ0v) is 17.7. The maximum absolute atomic E-state index is 14.0. The standard InChI is InChI=1S/C22H33ClFN3O/c1-17-4-2-10-26(15-17)11-3-9-25-22(28)18-7-12-27(13-8-18)16-19-5-6-20(23)14-21(19)24/h5-6,14,17-18H,2-4,7-13,15-16H2,1H3,(H,25,28). The molecular weight excluding hydrogens is 377 g/mol. The highest BCUT2D eigenvalue weighted by atomic mass is 35.5. The van der Waals surface area contributed by atoms with Crippen LogP contribution in [0.25, 0.3) is 0 Å². The molecule has 2 heterocycles. The molecule has 1 aromatic carbocycles.